The fourth-order valence-corrected chi connectivity index (χ4v) is 2.71. The largest absolute Gasteiger partial charge is 0.503 e. The number of carbonyl (C=O) groups excluding carboxylic acids is 1. The SMILES string of the molecule is CCOC(=O)c1c(O)c(O)c(C(O)OCC)n1-c1ccc2c(c1)OCO2. The van der Waals surface area contributed by atoms with Crippen LogP contribution in [0.2, 0.25) is 0 Å². The zero-order chi connectivity index (χ0) is 18.8. The smallest absolute Gasteiger partial charge is 0.359 e. The van der Waals surface area contributed by atoms with Crippen LogP contribution in [0, 0.1) is 0 Å². The molecular weight excluding hydrogens is 346 g/mol. The number of ether oxygens (including phenoxy) is 4. The Labute approximate surface area is 148 Å². The van der Waals surface area contributed by atoms with E-state index in [2.05, 4.69) is 0 Å². The number of esters is 1. The maximum atomic E-state index is 12.3. The van der Waals surface area contributed by atoms with E-state index >= 15 is 0 Å². The van der Waals surface area contributed by atoms with Gasteiger partial charge in [-0.1, -0.05) is 0 Å². The van der Waals surface area contributed by atoms with Crippen LogP contribution in [-0.2, 0) is 9.47 Å². The molecule has 26 heavy (non-hydrogen) atoms. The van der Waals surface area contributed by atoms with Gasteiger partial charge in [-0.3, -0.25) is 4.57 Å². The van der Waals surface area contributed by atoms with Crippen LogP contribution in [-0.4, -0.2) is 45.9 Å². The number of hydrogen-bond donors (Lipinski definition) is 3. The van der Waals surface area contributed by atoms with Crippen LogP contribution >= 0.6 is 0 Å². The highest BCUT2D eigenvalue weighted by molar-refractivity contribution is 5.93. The minimum atomic E-state index is -1.58. The third-order valence-corrected chi connectivity index (χ3v) is 3.80. The first-order valence-corrected chi connectivity index (χ1v) is 8.02. The first-order valence-electron chi connectivity index (χ1n) is 8.02. The van der Waals surface area contributed by atoms with Crippen LogP contribution in [0.25, 0.3) is 5.69 Å². The van der Waals surface area contributed by atoms with Crippen molar-refractivity contribution < 1.29 is 39.1 Å². The third kappa shape index (κ3) is 2.91. The third-order valence-electron chi connectivity index (χ3n) is 3.80. The van der Waals surface area contributed by atoms with E-state index in [1.807, 2.05) is 0 Å². The molecule has 9 nitrogen and oxygen atoms in total. The van der Waals surface area contributed by atoms with E-state index < -0.39 is 23.8 Å². The van der Waals surface area contributed by atoms with Crippen molar-refractivity contribution in [2.75, 3.05) is 20.0 Å². The molecule has 1 aliphatic heterocycles. The van der Waals surface area contributed by atoms with E-state index in [0.29, 0.717) is 17.2 Å². The summed E-state index contributed by atoms with van der Waals surface area (Å²) < 4.78 is 21.8. The Morgan fingerprint density at radius 2 is 1.92 bits per heavy atom. The lowest BCUT2D eigenvalue weighted by Gasteiger charge is -2.16. The monoisotopic (exact) mass is 365 g/mol. The minimum absolute atomic E-state index is 0.0557. The molecule has 140 valence electrons. The number of benzene rings is 1. The molecule has 1 atom stereocenters. The van der Waals surface area contributed by atoms with Crippen LogP contribution in [0.5, 0.6) is 23.0 Å². The van der Waals surface area contributed by atoms with E-state index in [4.69, 9.17) is 18.9 Å². The molecule has 0 fully saturated rings. The highest BCUT2D eigenvalue weighted by atomic mass is 16.7. The first kappa shape index (κ1) is 17.9. The van der Waals surface area contributed by atoms with Crippen molar-refractivity contribution in [3.8, 4) is 28.7 Å². The number of rotatable bonds is 6. The van der Waals surface area contributed by atoms with Gasteiger partial charge < -0.3 is 34.3 Å². The van der Waals surface area contributed by atoms with E-state index in [1.54, 1.807) is 32.0 Å². The van der Waals surface area contributed by atoms with Gasteiger partial charge in [-0.15, -0.1) is 0 Å². The molecule has 3 N–H and O–H groups in total. The number of carbonyl (C=O) groups is 1. The molecule has 1 aromatic heterocycles. The van der Waals surface area contributed by atoms with Crippen molar-refractivity contribution in [2.45, 2.75) is 20.1 Å². The van der Waals surface area contributed by atoms with Crippen molar-refractivity contribution in [3.63, 3.8) is 0 Å². The van der Waals surface area contributed by atoms with E-state index in [1.165, 1.54) is 4.57 Å². The normalized spacial score (nSPS) is 13.7. The van der Waals surface area contributed by atoms with Crippen LogP contribution in [0.1, 0.15) is 36.3 Å². The summed E-state index contributed by atoms with van der Waals surface area (Å²) in [6.45, 7) is 3.52. The number of aliphatic hydroxyl groups excluding tert-OH is 1. The lowest BCUT2D eigenvalue weighted by Crippen LogP contribution is -2.16. The number of fused-ring (bicyclic) bond motifs is 1. The average Bonchev–Trinajstić information content (AvgIpc) is 3.18. The van der Waals surface area contributed by atoms with Gasteiger partial charge >= 0.3 is 5.97 Å². The molecular formula is C17H19NO8. The topological polar surface area (TPSA) is 120 Å². The van der Waals surface area contributed by atoms with Crippen molar-refractivity contribution in [1.29, 1.82) is 0 Å². The average molecular weight is 365 g/mol. The Hall–Kier alpha value is -2.91. The first-order chi connectivity index (χ1) is 12.5. The minimum Gasteiger partial charge on any atom is -0.503 e. The maximum absolute atomic E-state index is 12.3. The molecule has 0 bridgehead atoms. The van der Waals surface area contributed by atoms with Crippen molar-refractivity contribution in [3.05, 3.63) is 29.6 Å². The lowest BCUT2D eigenvalue weighted by atomic mass is 10.2. The molecule has 2 aromatic rings. The lowest BCUT2D eigenvalue weighted by molar-refractivity contribution is -0.103. The predicted molar refractivity (Wildman–Crippen MR) is 87.8 cm³/mol. The van der Waals surface area contributed by atoms with Gasteiger partial charge in [0.05, 0.1) is 12.3 Å². The molecule has 0 radical (unpaired) electrons. The van der Waals surface area contributed by atoms with Crippen molar-refractivity contribution in [1.82, 2.24) is 4.57 Å². The van der Waals surface area contributed by atoms with Gasteiger partial charge in [0.25, 0.3) is 0 Å². The maximum Gasteiger partial charge on any atom is 0.359 e. The van der Waals surface area contributed by atoms with Gasteiger partial charge in [0.1, 0.15) is 5.69 Å². The van der Waals surface area contributed by atoms with Gasteiger partial charge in [-0.2, -0.15) is 0 Å². The highest BCUT2D eigenvalue weighted by Crippen LogP contribution is 2.43. The van der Waals surface area contributed by atoms with Gasteiger partial charge in [0.2, 0.25) is 13.1 Å². The summed E-state index contributed by atoms with van der Waals surface area (Å²) in [4.78, 5) is 12.3. The zero-order valence-corrected chi connectivity index (χ0v) is 14.3. The summed E-state index contributed by atoms with van der Waals surface area (Å²) >= 11 is 0. The van der Waals surface area contributed by atoms with Crippen LogP contribution in [0.15, 0.2) is 18.2 Å². The number of nitrogens with zero attached hydrogens (tertiary/aromatic N) is 1. The molecule has 0 amide bonds. The van der Waals surface area contributed by atoms with E-state index in [9.17, 15) is 20.1 Å². The quantitative estimate of drug-likeness (QED) is 0.524. The van der Waals surface area contributed by atoms with Crippen molar-refractivity contribution >= 4 is 5.97 Å². The summed E-state index contributed by atoms with van der Waals surface area (Å²) in [6.07, 6.45) is -1.58. The molecule has 1 aromatic carbocycles. The van der Waals surface area contributed by atoms with Gasteiger partial charge in [-0.05, 0) is 26.0 Å². The molecule has 2 heterocycles. The molecule has 1 unspecified atom stereocenters. The molecule has 0 saturated carbocycles. The summed E-state index contributed by atoms with van der Waals surface area (Å²) in [5.74, 6) is -1.32. The Kier molecular flexibility index (Phi) is 4.92. The molecule has 3 rings (SSSR count). The second-order valence-electron chi connectivity index (χ2n) is 5.33. The van der Waals surface area contributed by atoms with Crippen LogP contribution < -0.4 is 9.47 Å². The van der Waals surface area contributed by atoms with E-state index in [0.717, 1.165) is 0 Å². The molecule has 9 heteroatoms. The highest BCUT2D eigenvalue weighted by Gasteiger charge is 2.33. The van der Waals surface area contributed by atoms with Gasteiger partial charge in [-0.25, -0.2) is 4.79 Å². The zero-order valence-electron chi connectivity index (χ0n) is 14.3. The Bertz CT molecular complexity index is 829. The number of hydrogen-bond acceptors (Lipinski definition) is 8. The summed E-state index contributed by atoms with van der Waals surface area (Å²) in [6, 6.07) is 4.74. The molecule has 0 saturated heterocycles. The number of aliphatic hydroxyl groups is 1. The fourth-order valence-electron chi connectivity index (χ4n) is 2.71. The van der Waals surface area contributed by atoms with Gasteiger partial charge in [0, 0.05) is 12.7 Å². The second-order valence-corrected chi connectivity index (χ2v) is 5.33. The molecule has 0 spiro atoms. The Morgan fingerprint density at radius 1 is 1.19 bits per heavy atom. The van der Waals surface area contributed by atoms with Crippen LogP contribution in [0.3, 0.4) is 0 Å². The molecule has 0 aliphatic carbocycles. The fraction of sp³-hybridized carbons (Fsp3) is 0.353. The summed E-state index contributed by atoms with van der Waals surface area (Å²) in [5, 5.41) is 30.8. The van der Waals surface area contributed by atoms with E-state index in [-0.39, 0.29) is 31.4 Å². The van der Waals surface area contributed by atoms with Crippen molar-refractivity contribution in [2.24, 2.45) is 0 Å². The number of aromatic nitrogens is 1. The second kappa shape index (κ2) is 7.14. The Balaban J connectivity index is 2.22. The standard InChI is InChI=1S/C17H19NO8/c1-3-23-16(21)12-14(19)15(20)13(17(22)24-4-2)18(12)9-5-6-10-11(7-9)26-8-25-10/h5-7,16,19-21H,3-4,8H2,1-2H3. The Morgan fingerprint density at radius 3 is 2.62 bits per heavy atom. The van der Waals surface area contributed by atoms with Gasteiger partial charge in [0.15, 0.2) is 28.7 Å². The molecule has 1 aliphatic rings. The van der Waals surface area contributed by atoms with Crippen LogP contribution in [0.4, 0.5) is 0 Å². The summed E-state index contributed by atoms with van der Waals surface area (Å²) in [7, 11) is 0. The number of aromatic hydroxyl groups is 2. The summed E-state index contributed by atoms with van der Waals surface area (Å²) in [5.41, 5.74) is -0.204. The predicted octanol–water partition coefficient (Wildman–Crippen LogP) is 1.82.